The first kappa shape index (κ1) is 15.0. The summed E-state index contributed by atoms with van der Waals surface area (Å²) in [5, 5.41) is 9.72. The van der Waals surface area contributed by atoms with Gasteiger partial charge >= 0.3 is 6.09 Å². The Bertz CT molecular complexity index is 338. The molecule has 0 aromatic heterocycles. The Hall–Kier alpha value is -1.10. The van der Waals surface area contributed by atoms with Crippen LogP contribution < -0.4 is 0 Å². The van der Waals surface area contributed by atoms with Gasteiger partial charge < -0.3 is 14.7 Å². The Morgan fingerprint density at radius 2 is 1.94 bits per heavy atom. The quantitative estimate of drug-likeness (QED) is 0.815. The molecule has 0 radical (unpaired) electrons. The molecule has 1 aliphatic heterocycles. The lowest BCUT2D eigenvalue weighted by atomic mass is 9.92. The first-order valence-corrected chi connectivity index (χ1v) is 6.21. The largest absolute Gasteiger partial charge is 0.444 e. The summed E-state index contributed by atoms with van der Waals surface area (Å²) in [7, 11) is 0. The van der Waals surface area contributed by atoms with Gasteiger partial charge in [-0.1, -0.05) is 0 Å². The second kappa shape index (κ2) is 4.88. The summed E-state index contributed by atoms with van der Waals surface area (Å²) in [6, 6.07) is 0. The van der Waals surface area contributed by atoms with E-state index in [9.17, 15) is 14.7 Å². The lowest BCUT2D eigenvalue weighted by Gasteiger charge is -2.24. The van der Waals surface area contributed by atoms with Crippen molar-refractivity contribution >= 4 is 11.9 Å². The molecule has 1 heterocycles. The van der Waals surface area contributed by atoms with Crippen LogP contribution in [0.3, 0.4) is 0 Å². The Morgan fingerprint density at radius 3 is 2.39 bits per heavy atom. The van der Waals surface area contributed by atoms with Crippen LogP contribution >= 0.6 is 0 Å². The molecule has 1 N–H and O–H groups in total. The molecule has 1 atom stereocenters. The van der Waals surface area contributed by atoms with Gasteiger partial charge in [-0.15, -0.1) is 0 Å². The average Bonchev–Trinajstić information content (AvgIpc) is 2.42. The molecular weight excluding hydrogens is 234 g/mol. The van der Waals surface area contributed by atoms with Crippen LogP contribution in [0.1, 0.15) is 41.0 Å². The number of hydrogen-bond acceptors (Lipinski definition) is 4. The van der Waals surface area contributed by atoms with E-state index in [0.29, 0.717) is 13.0 Å². The van der Waals surface area contributed by atoms with Crippen molar-refractivity contribution in [3.8, 4) is 0 Å². The maximum atomic E-state index is 11.8. The smallest absolute Gasteiger partial charge is 0.410 e. The Morgan fingerprint density at radius 1 is 1.39 bits per heavy atom. The number of aliphatic hydroxyl groups is 1. The van der Waals surface area contributed by atoms with Gasteiger partial charge in [0, 0.05) is 12.5 Å². The second-order valence-electron chi connectivity index (χ2n) is 6.54. The third-order valence-corrected chi connectivity index (χ3v) is 2.64. The Kier molecular flexibility index (Phi) is 4.05. The average molecular weight is 257 g/mol. The number of likely N-dealkylation sites (tertiary alicyclic amines) is 1. The topological polar surface area (TPSA) is 66.8 Å². The van der Waals surface area contributed by atoms with Gasteiger partial charge in [-0.2, -0.15) is 0 Å². The van der Waals surface area contributed by atoms with E-state index in [1.165, 1.54) is 4.90 Å². The van der Waals surface area contributed by atoms with Crippen molar-refractivity contribution in [2.24, 2.45) is 5.92 Å². The summed E-state index contributed by atoms with van der Waals surface area (Å²) in [6.45, 7) is 9.10. The highest BCUT2D eigenvalue weighted by molar-refractivity contribution is 5.89. The molecule has 18 heavy (non-hydrogen) atoms. The normalized spacial score (nSPS) is 21.3. The van der Waals surface area contributed by atoms with Crippen molar-refractivity contribution in [1.82, 2.24) is 4.90 Å². The summed E-state index contributed by atoms with van der Waals surface area (Å²) in [6.07, 6.45) is -0.0976. The molecular formula is C13H23NO4. The summed E-state index contributed by atoms with van der Waals surface area (Å²) in [4.78, 5) is 25.0. The van der Waals surface area contributed by atoms with E-state index in [4.69, 9.17) is 4.74 Å². The monoisotopic (exact) mass is 257 g/mol. The number of hydrogen-bond donors (Lipinski definition) is 1. The van der Waals surface area contributed by atoms with Gasteiger partial charge in [-0.3, -0.25) is 4.79 Å². The van der Waals surface area contributed by atoms with Gasteiger partial charge in [0.15, 0.2) is 5.78 Å². The van der Waals surface area contributed by atoms with Crippen LogP contribution in [0, 0.1) is 5.92 Å². The molecule has 5 nitrogen and oxygen atoms in total. The molecule has 1 aliphatic rings. The molecule has 0 aromatic carbocycles. The van der Waals surface area contributed by atoms with Crippen LogP contribution in [0.4, 0.5) is 4.79 Å². The lowest BCUT2D eigenvalue weighted by molar-refractivity contribution is -0.121. The minimum Gasteiger partial charge on any atom is -0.444 e. The van der Waals surface area contributed by atoms with Crippen LogP contribution in [0.5, 0.6) is 0 Å². The number of amides is 1. The zero-order valence-corrected chi connectivity index (χ0v) is 11.8. The molecule has 5 heteroatoms. The molecule has 1 amide bonds. The van der Waals surface area contributed by atoms with Gasteiger partial charge in [-0.25, -0.2) is 4.79 Å². The molecule has 104 valence electrons. The number of ether oxygens (including phenoxy) is 1. The molecule has 1 saturated heterocycles. The fourth-order valence-electron chi connectivity index (χ4n) is 2.00. The van der Waals surface area contributed by atoms with E-state index in [1.54, 1.807) is 34.6 Å². The molecule has 1 unspecified atom stereocenters. The van der Waals surface area contributed by atoms with E-state index in [-0.39, 0.29) is 18.2 Å². The highest BCUT2D eigenvalue weighted by Crippen LogP contribution is 2.24. The second-order valence-corrected chi connectivity index (χ2v) is 6.54. The highest BCUT2D eigenvalue weighted by Gasteiger charge is 2.37. The highest BCUT2D eigenvalue weighted by atomic mass is 16.6. The predicted octanol–water partition coefficient (Wildman–Crippen LogP) is 1.58. The zero-order chi connectivity index (χ0) is 14.1. The number of rotatable bonds is 2. The third kappa shape index (κ3) is 4.64. The summed E-state index contributed by atoms with van der Waals surface area (Å²) in [5.41, 5.74) is -1.46. The van der Waals surface area contributed by atoms with Crippen molar-refractivity contribution in [3.05, 3.63) is 0 Å². The Balaban J connectivity index is 2.59. The van der Waals surface area contributed by atoms with Crippen molar-refractivity contribution in [3.63, 3.8) is 0 Å². The molecule has 0 aliphatic carbocycles. The maximum Gasteiger partial charge on any atom is 0.410 e. The number of Topliss-reactive ketones (excluding diaryl/α,β-unsaturated/α-hetero) is 1. The maximum absolute atomic E-state index is 11.8. The summed E-state index contributed by atoms with van der Waals surface area (Å²) < 4.78 is 5.22. The van der Waals surface area contributed by atoms with Gasteiger partial charge in [0.2, 0.25) is 0 Å². The minimum atomic E-state index is -0.899. The van der Waals surface area contributed by atoms with E-state index in [1.807, 2.05) is 0 Å². The molecule has 0 saturated carbocycles. The van der Waals surface area contributed by atoms with Crippen LogP contribution in [0.15, 0.2) is 0 Å². The van der Waals surface area contributed by atoms with Crippen molar-refractivity contribution < 1.29 is 19.4 Å². The van der Waals surface area contributed by atoms with Crippen molar-refractivity contribution in [2.75, 3.05) is 13.1 Å². The molecule has 0 aromatic rings. The van der Waals surface area contributed by atoms with Gasteiger partial charge in [0.1, 0.15) is 5.60 Å². The van der Waals surface area contributed by atoms with Crippen LogP contribution in [-0.4, -0.2) is 46.2 Å². The summed E-state index contributed by atoms with van der Waals surface area (Å²) >= 11 is 0. The SMILES string of the molecule is CC(C)(O)CC1CN(C(=O)OC(C)(C)C)CC1=O. The standard InChI is InChI=1S/C13H23NO4/c1-12(2,3)18-11(16)14-7-9(10(15)8-14)6-13(4,5)17/h9,17H,6-8H2,1-5H3. The molecule has 0 bridgehead atoms. The number of nitrogens with zero attached hydrogens (tertiary/aromatic N) is 1. The minimum absolute atomic E-state index is 0.0111. The third-order valence-electron chi connectivity index (χ3n) is 2.64. The van der Waals surface area contributed by atoms with Gasteiger partial charge in [-0.05, 0) is 41.0 Å². The fourth-order valence-corrected chi connectivity index (χ4v) is 2.00. The Labute approximate surface area is 108 Å². The first-order chi connectivity index (χ1) is 7.98. The van der Waals surface area contributed by atoms with E-state index >= 15 is 0 Å². The molecule has 1 fully saturated rings. The zero-order valence-electron chi connectivity index (χ0n) is 11.8. The van der Waals surface area contributed by atoms with E-state index < -0.39 is 17.3 Å². The van der Waals surface area contributed by atoms with E-state index in [0.717, 1.165) is 0 Å². The molecule has 1 rings (SSSR count). The lowest BCUT2D eigenvalue weighted by Crippen LogP contribution is -2.36. The summed E-state index contributed by atoms with van der Waals surface area (Å²) in [5.74, 6) is -0.305. The number of ketones is 1. The van der Waals surface area contributed by atoms with Gasteiger partial charge in [0.05, 0.1) is 12.1 Å². The van der Waals surface area contributed by atoms with Crippen LogP contribution in [0.2, 0.25) is 0 Å². The first-order valence-electron chi connectivity index (χ1n) is 6.21. The van der Waals surface area contributed by atoms with Crippen LogP contribution in [-0.2, 0) is 9.53 Å². The predicted molar refractivity (Wildman–Crippen MR) is 67.2 cm³/mol. The van der Waals surface area contributed by atoms with Crippen molar-refractivity contribution in [1.29, 1.82) is 0 Å². The van der Waals surface area contributed by atoms with Gasteiger partial charge in [0.25, 0.3) is 0 Å². The van der Waals surface area contributed by atoms with Crippen LogP contribution in [0.25, 0.3) is 0 Å². The van der Waals surface area contributed by atoms with E-state index in [2.05, 4.69) is 0 Å². The number of carbonyl (C=O) groups excluding carboxylic acids is 2. The van der Waals surface area contributed by atoms with Crippen molar-refractivity contribution in [2.45, 2.75) is 52.2 Å². The number of carbonyl (C=O) groups is 2. The fraction of sp³-hybridized carbons (Fsp3) is 0.846. The molecule has 0 spiro atoms.